The van der Waals surface area contributed by atoms with E-state index in [4.69, 9.17) is 5.11 Å². The average Bonchev–Trinajstić information content (AvgIpc) is 2.43. The summed E-state index contributed by atoms with van der Waals surface area (Å²) >= 11 is 0. The molecule has 84 valence electrons. The van der Waals surface area contributed by atoms with Gasteiger partial charge in [0.05, 0.1) is 12.2 Å². The minimum Gasteiger partial charge on any atom is -0.393 e. The molecule has 2 unspecified atom stereocenters. The van der Waals surface area contributed by atoms with Gasteiger partial charge in [-0.3, -0.25) is 0 Å². The fraction of sp³-hybridized carbons (Fsp3) is 1.00. The zero-order valence-electron chi connectivity index (χ0n) is 8.92. The Morgan fingerprint density at radius 1 is 1.43 bits per heavy atom. The van der Waals surface area contributed by atoms with E-state index < -0.39 is 5.60 Å². The van der Waals surface area contributed by atoms with Crippen LogP contribution in [0.25, 0.3) is 0 Å². The van der Waals surface area contributed by atoms with E-state index in [0.717, 1.165) is 25.9 Å². The van der Waals surface area contributed by atoms with Gasteiger partial charge in [0.15, 0.2) is 0 Å². The highest BCUT2D eigenvalue weighted by Gasteiger charge is 2.20. The van der Waals surface area contributed by atoms with Gasteiger partial charge >= 0.3 is 0 Å². The summed E-state index contributed by atoms with van der Waals surface area (Å²) in [5, 5.41) is 25.1. The molecular weight excluding hydrogens is 180 g/mol. The Morgan fingerprint density at radius 3 is 2.93 bits per heavy atom. The standard InChI is InChI=1S/C10H22N2O2/c1-10(14,8-13)7-12-9-3-2-5-11-6-4-9/h9,11-14H,2-8H2,1H3. The van der Waals surface area contributed by atoms with E-state index in [0.29, 0.717) is 12.6 Å². The smallest absolute Gasteiger partial charge is 0.0972 e. The summed E-state index contributed by atoms with van der Waals surface area (Å²) in [7, 11) is 0. The van der Waals surface area contributed by atoms with Gasteiger partial charge in [0.2, 0.25) is 0 Å². The number of hydrogen-bond acceptors (Lipinski definition) is 4. The summed E-state index contributed by atoms with van der Waals surface area (Å²) in [6.07, 6.45) is 3.43. The van der Waals surface area contributed by atoms with E-state index in [2.05, 4.69) is 10.6 Å². The molecule has 0 aromatic rings. The van der Waals surface area contributed by atoms with Crippen molar-refractivity contribution < 1.29 is 10.2 Å². The SMILES string of the molecule is CC(O)(CO)CNC1CCCNCC1. The first kappa shape index (κ1) is 11.9. The van der Waals surface area contributed by atoms with Crippen LogP contribution in [0.5, 0.6) is 0 Å². The Bertz CT molecular complexity index is 154. The Hall–Kier alpha value is -0.160. The van der Waals surface area contributed by atoms with Crippen molar-refractivity contribution in [2.24, 2.45) is 0 Å². The van der Waals surface area contributed by atoms with Gasteiger partial charge in [0.25, 0.3) is 0 Å². The molecule has 0 aromatic heterocycles. The lowest BCUT2D eigenvalue weighted by Crippen LogP contribution is -2.45. The van der Waals surface area contributed by atoms with Crippen molar-refractivity contribution in [2.75, 3.05) is 26.2 Å². The van der Waals surface area contributed by atoms with E-state index in [1.807, 2.05) is 0 Å². The highest BCUT2D eigenvalue weighted by atomic mass is 16.3. The molecule has 0 spiro atoms. The molecule has 4 N–H and O–H groups in total. The van der Waals surface area contributed by atoms with Crippen LogP contribution in [0.4, 0.5) is 0 Å². The molecule has 0 amide bonds. The quantitative estimate of drug-likeness (QED) is 0.494. The van der Waals surface area contributed by atoms with Crippen molar-refractivity contribution in [1.29, 1.82) is 0 Å². The number of aliphatic hydroxyl groups is 2. The van der Waals surface area contributed by atoms with Crippen molar-refractivity contribution in [3.05, 3.63) is 0 Å². The second-order valence-corrected chi connectivity index (χ2v) is 4.41. The van der Waals surface area contributed by atoms with Crippen LogP contribution in [-0.4, -0.2) is 48.1 Å². The maximum absolute atomic E-state index is 9.60. The highest BCUT2D eigenvalue weighted by molar-refractivity contribution is 4.79. The van der Waals surface area contributed by atoms with Crippen LogP contribution < -0.4 is 10.6 Å². The molecule has 0 aliphatic carbocycles. The van der Waals surface area contributed by atoms with Gasteiger partial charge in [0.1, 0.15) is 0 Å². The molecule has 1 aliphatic heterocycles. The predicted molar refractivity (Wildman–Crippen MR) is 56.2 cm³/mol. The molecule has 2 atom stereocenters. The van der Waals surface area contributed by atoms with Crippen LogP contribution in [0.15, 0.2) is 0 Å². The first-order valence-corrected chi connectivity index (χ1v) is 5.41. The molecule has 0 saturated carbocycles. The minimum atomic E-state index is -0.986. The third-order valence-corrected chi connectivity index (χ3v) is 2.69. The van der Waals surface area contributed by atoms with Gasteiger partial charge in [-0.2, -0.15) is 0 Å². The van der Waals surface area contributed by atoms with E-state index in [-0.39, 0.29) is 6.61 Å². The van der Waals surface area contributed by atoms with Gasteiger partial charge in [-0.15, -0.1) is 0 Å². The van der Waals surface area contributed by atoms with Crippen molar-refractivity contribution in [3.8, 4) is 0 Å². The first-order valence-electron chi connectivity index (χ1n) is 5.41. The molecular formula is C10H22N2O2. The fourth-order valence-electron chi connectivity index (χ4n) is 1.64. The van der Waals surface area contributed by atoms with Crippen LogP contribution in [0.1, 0.15) is 26.2 Å². The lowest BCUT2D eigenvalue weighted by Gasteiger charge is -2.24. The van der Waals surface area contributed by atoms with E-state index >= 15 is 0 Å². The number of nitrogens with one attached hydrogen (secondary N) is 2. The topological polar surface area (TPSA) is 64.5 Å². The van der Waals surface area contributed by atoms with Crippen LogP contribution in [0.3, 0.4) is 0 Å². The molecule has 4 nitrogen and oxygen atoms in total. The molecule has 0 aromatic carbocycles. The summed E-state index contributed by atoms with van der Waals surface area (Å²) in [4.78, 5) is 0. The van der Waals surface area contributed by atoms with Gasteiger partial charge in [-0.05, 0) is 39.3 Å². The number of rotatable bonds is 4. The van der Waals surface area contributed by atoms with Gasteiger partial charge in [0, 0.05) is 12.6 Å². The molecule has 1 fully saturated rings. The Labute approximate surface area is 85.7 Å². The Kier molecular flexibility index (Phi) is 4.81. The lowest BCUT2D eigenvalue weighted by atomic mass is 10.1. The van der Waals surface area contributed by atoms with Crippen LogP contribution in [0.2, 0.25) is 0 Å². The summed E-state index contributed by atoms with van der Waals surface area (Å²) in [5.74, 6) is 0. The van der Waals surface area contributed by atoms with Crippen molar-refractivity contribution in [1.82, 2.24) is 10.6 Å². The molecule has 0 bridgehead atoms. The minimum absolute atomic E-state index is 0.190. The second kappa shape index (κ2) is 5.66. The third-order valence-electron chi connectivity index (χ3n) is 2.69. The van der Waals surface area contributed by atoms with Gasteiger partial charge in [-0.25, -0.2) is 0 Å². The average molecular weight is 202 g/mol. The highest BCUT2D eigenvalue weighted by Crippen LogP contribution is 2.07. The molecule has 1 aliphatic rings. The van der Waals surface area contributed by atoms with Crippen LogP contribution >= 0.6 is 0 Å². The zero-order valence-corrected chi connectivity index (χ0v) is 8.92. The Balaban J connectivity index is 2.22. The molecule has 4 heteroatoms. The largest absolute Gasteiger partial charge is 0.393 e. The summed E-state index contributed by atoms with van der Waals surface area (Å²) in [5.41, 5.74) is -0.986. The van der Waals surface area contributed by atoms with Crippen LogP contribution in [-0.2, 0) is 0 Å². The molecule has 1 saturated heterocycles. The number of hydrogen-bond donors (Lipinski definition) is 4. The Morgan fingerprint density at radius 2 is 2.21 bits per heavy atom. The van der Waals surface area contributed by atoms with Gasteiger partial charge in [-0.1, -0.05) is 0 Å². The lowest BCUT2D eigenvalue weighted by molar-refractivity contribution is 0.000481. The van der Waals surface area contributed by atoms with Crippen molar-refractivity contribution in [2.45, 2.75) is 37.8 Å². The van der Waals surface area contributed by atoms with Crippen molar-refractivity contribution in [3.63, 3.8) is 0 Å². The third kappa shape index (κ3) is 4.37. The maximum Gasteiger partial charge on any atom is 0.0972 e. The number of aliphatic hydroxyl groups excluding tert-OH is 1. The van der Waals surface area contributed by atoms with E-state index in [1.54, 1.807) is 6.92 Å². The monoisotopic (exact) mass is 202 g/mol. The summed E-state index contributed by atoms with van der Waals surface area (Å²) < 4.78 is 0. The molecule has 1 rings (SSSR count). The van der Waals surface area contributed by atoms with E-state index in [1.165, 1.54) is 6.42 Å². The molecule has 1 heterocycles. The maximum atomic E-state index is 9.60. The second-order valence-electron chi connectivity index (χ2n) is 4.41. The van der Waals surface area contributed by atoms with Crippen LogP contribution in [0, 0.1) is 0 Å². The fourth-order valence-corrected chi connectivity index (χ4v) is 1.64. The van der Waals surface area contributed by atoms with Crippen molar-refractivity contribution >= 4 is 0 Å². The summed E-state index contributed by atoms with van der Waals surface area (Å²) in [6.45, 7) is 4.06. The molecule has 14 heavy (non-hydrogen) atoms. The predicted octanol–water partition coefficient (Wildman–Crippen LogP) is -0.539. The van der Waals surface area contributed by atoms with Gasteiger partial charge < -0.3 is 20.8 Å². The first-order chi connectivity index (χ1) is 6.64. The zero-order chi connectivity index (χ0) is 10.4. The summed E-state index contributed by atoms with van der Waals surface area (Å²) in [6, 6.07) is 0.475. The molecule has 0 radical (unpaired) electrons. The van der Waals surface area contributed by atoms with E-state index in [9.17, 15) is 5.11 Å². The normalized spacial score (nSPS) is 28.1.